The first-order valence-electron chi connectivity index (χ1n) is 6.07. The topological polar surface area (TPSA) is 64.3 Å². The molecule has 1 unspecified atom stereocenters. The molecule has 1 aliphatic rings. The van der Waals surface area contributed by atoms with Gasteiger partial charge in [0.05, 0.1) is 7.11 Å². The lowest BCUT2D eigenvalue weighted by molar-refractivity contribution is 0.395. The van der Waals surface area contributed by atoms with Crippen molar-refractivity contribution in [1.82, 2.24) is 9.97 Å². The van der Waals surface area contributed by atoms with Gasteiger partial charge in [-0.1, -0.05) is 0 Å². The minimum absolute atomic E-state index is 0.634. The van der Waals surface area contributed by atoms with Crippen LogP contribution in [0.1, 0.15) is 18.7 Å². The minimum Gasteiger partial charge on any atom is -0.481 e. The lowest BCUT2D eigenvalue weighted by Gasteiger charge is -2.18. The summed E-state index contributed by atoms with van der Waals surface area (Å²) in [6, 6.07) is 1.90. The summed E-state index contributed by atoms with van der Waals surface area (Å²) in [5, 5.41) is 0. The molecule has 0 amide bonds. The smallest absolute Gasteiger partial charge is 0.218 e. The number of aryl methyl sites for hydroxylation is 1. The lowest BCUT2D eigenvalue weighted by Crippen LogP contribution is -2.22. The zero-order valence-corrected chi connectivity index (χ0v) is 10.5. The van der Waals surface area contributed by atoms with E-state index in [1.807, 2.05) is 13.0 Å². The summed E-state index contributed by atoms with van der Waals surface area (Å²) < 4.78 is 5.17. The summed E-state index contributed by atoms with van der Waals surface area (Å²) in [6.45, 7) is 4.74. The molecule has 0 aliphatic carbocycles. The second-order valence-electron chi connectivity index (χ2n) is 4.49. The van der Waals surface area contributed by atoms with Crippen molar-refractivity contribution in [2.45, 2.75) is 19.8 Å². The molecule has 17 heavy (non-hydrogen) atoms. The van der Waals surface area contributed by atoms with Gasteiger partial charge in [0.15, 0.2) is 0 Å². The Kier molecular flexibility index (Phi) is 3.78. The lowest BCUT2D eigenvalue weighted by atomic mass is 10.1. The standard InChI is InChI=1S/C12H20N4O/c1-9-14-11(7-12(15-9)17-2)16-6-4-10(8-16)3-5-13/h7,10H,3-6,8,13H2,1-2H3. The quantitative estimate of drug-likeness (QED) is 0.844. The van der Waals surface area contributed by atoms with E-state index in [2.05, 4.69) is 14.9 Å². The first-order chi connectivity index (χ1) is 8.22. The molecule has 1 aromatic rings. The van der Waals surface area contributed by atoms with Crippen molar-refractivity contribution in [1.29, 1.82) is 0 Å². The van der Waals surface area contributed by atoms with Crippen LogP contribution in [0.4, 0.5) is 5.82 Å². The maximum absolute atomic E-state index is 5.60. The summed E-state index contributed by atoms with van der Waals surface area (Å²) in [4.78, 5) is 11.0. The summed E-state index contributed by atoms with van der Waals surface area (Å²) in [5.41, 5.74) is 5.60. The highest BCUT2D eigenvalue weighted by molar-refractivity contribution is 5.42. The molecular weight excluding hydrogens is 216 g/mol. The van der Waals surface area contributed by atoms with E-state index in [-0.39, 0.29) is 0 Å². The first-order valence-corrected chi connectivity index (χ1v) is 6.07. The number of hydrogen-bond donors (Lipinski definition) is 1. The molecule has 1 aliphatic heterocycles. The third-order valence-corrected chi connectivity index (χ3v) is 3.19. The average Bonchev–Trinajstić information content (AvgIpc) is 2.77. The summed E-state index contributed by atoms with van der Waals surface area (Å²) in [7, 11) is 1.63. The summed E-state index contributed by atoms with van der Waals surface area (Å²) in [5.74, 6) is 3.05. The van der Waals surface area contributed by atoms with Crippen LogP contribution >= 0.6 is 0 Å². The molecule has 0 saturated carbocycles. The third-order valence-electron chi connectivity index (χ3n) is 3.19. The molecule has 2 N–H and O–H groups in total. The molecule has 5 heteroatoms. The number of ether oxygens (including phenoxy) is 1. The average molecular weight is 236 g/mol. The second kappa shape index (κ2) is 5.31. The van der Waals surface area contributed by atoms with E-state index in [4.69, 9.17) is 10.5 Å². The number of nitrogens with zero attached hydrogens (tertiary/aromatic N) is 3. The normalized spacial score (nSPS) is 19.7. The molecule has 94 valence electrons. The van der Waals surface area contributed by atoms with Gasteiger partial charge in [-0.25, -0.2) is 4.98 Å². The highest BCUT2D eigenvalue weighted by atomic mass is 16.5. The van der Waals surface area contributed by atoms with E-state index in [9.17, 15) is 0 Å². The maximum Gasteiger partial charge on any atom is 0.218 e. The number of rotatable bonds is 4. The van der Waals surface area contributed by atoms with Gasteiger partial charge >= 0.3 is 0 Å². The number of aromatic nitrogens is 2. The Bertz CT molecular complexity index is 383. The Balaban J connectivity index is 2.10. The summed E-state index contributed by atoms with van der Waals surface area (Å²) in [6.07, 6.45) is 2.29. The van der Waals surface area contributed by atoms with E-state index >= 15 is 0 Å². The Hall–Kier alpha value is -1.36. The molecule has 0 aromatic carbocycles. The minimum atomic E-state index is 0.634. The number of anilines is 1. The molecule has 0 radical (unpaired) electrons. The van der Waals surface area contributed by atoms with Crippen LogP contribution in [0.15, 0.2) is 6.07 Å². The highest BCUT2D eigenvalue weighted by Gasteiger charge is 2.23. The van der Waals surface area contributed by atoms with Crippen molar-refractivity contribution in [3.63, 3.8) is 0 Å². The van der Waals surface area contributed by atoms with Gasteiger partial charge in [-0.05, 0) is 32.2 Å². The molecule has 1 aromatic heterocycles. The number of hydrogen-bond acceptors (Lipinski definition) is 5. The Morgan fingerprint density at radius 2 is 2.35 bits per heavy atom. The molecule has 0 bridgehead atoms. The Morgan fingerprint density at radius 3 is 3.06 bits per heavy atom. The monoisotopic (exact) mass is 236 g/mol. The SMILES string of the molecule is COc1cc(N2CCC(CCN)C2)nc(C)n1. The summed E-state index contributed by atoms with van der Waals surface area (Å²) >= 11 is 0. The van der Waals surface area contributed by atoms with Gasteiger partial charge in [0.2, 0.25) is 5.88 Å². The van der Waals surface area contributed by atoms with Crippen molar-refractivity contribution >= 4 is 5.82 Å². The molecule has 1 saturated heterocycles. The van der Waals surface area contributed by atoms with E-state index in [0.29, 0.717) is 11.8 Å². The van der Waals surface area contributed by atoms with Gasteiger partial charge in [0, 0.05) is 19.2 Å². The highest BCUT2D eigenvalue weighted by Crippen LogP contribution is 2.25. The third kappa shape index (κ3) is 2.85. The Morgan fingerprint density at radius 1 is 1.53 bits per heavy atom. The van der Waals surface area contributed by atoms with Gasteiger partial charge in [-0.15, -0.1) is 0 Å². The molecule has 2 heterocycles. The predicted octanol–water partition coefficient (Wildman–Crippen LogP) is 0.969. The molecule has 5 nitrogen and oxygen atoms in total. The molecule has 2 rings (SSSR count). The molecular formula is C12H20N4O. The van der Waals surface area contributed by atoms with Gasteiger partial charge in [0.25, 0.3) is 0 Å². The van der Waals surface area contributed by atoms with Crippen molar-refractivity contribution in [3.8, 4) is 5.88 Å². The van der Waals surface area contributed by atoms with Gasteiger partial charge < -0.3 is 15.4 Å². The predicted molar refractivity (Wildman–Crippen MR) is 67.3 cm³/mol. The van der Waals surface area contributed by atoms with E-state index in [1.54, 1.807) is 7.11 Å². The van der Waals surface area contributed by atoms with Crippen LogP contribution in [-0.2, 0) is 0 Å². The van der Waals surface area contributed by atoms with Crippen molar-refractivity contribution < 1.29 is 4.74 Å². The molecule has 1 atom stereocenters. The van der Waals surface area contributed by atoms with Crippen molar-refractivity contribution in [2.24, 2.45) is 11.7 Å². The van der Waals surface area contributed by atoms with Crippen molar-refractivity contribution in [3.05, 3.63) is 11.9 Å². The van der Waals surface area contributed by atoms with Gasteiger partial charge in [-0.2, -0.15) is 4.98 Å². The molecule has 1 fully saturated rings. The van der Waals surface area contributed by atoms with Gasteiger partial charge in [0.1, 0.15) is 11.6 Å². The van der Waals surface area contributed by atoms with E-state index in [1.165, 1.54) is 6.42 Å². The first kappa shape index (κ1) is 12.1. The fourth-order valence-electron chi connectivity index (χ4n) is 2.30. The maximum atomic E-state index is 5.60. The van der Waals surface area contributed by atoms with Crippen LogP contribution in [0.5, 0.6) is 5.88 Å². The Labute approximate surface area is 102 Å². The zero-order chi connectivity index (χ0) is 12.3. The van der Waals surface area contributed by atoms with E-state index in [0.717, 1.165) is 37.7 Å². The van der Waals surface area contributed by atoms with E-state index < -0.39 is 0 Å². The van der Waals surface area contributed by atoms with Crippen LogP contribution < -0.4 is 15.4 Å². The van der Waals surface area contributed by atoms with Crippen LogP contribution in [0.25, 0.3) is 0 Å². The van der Waals surface area contributed by atoms with Crippen LogP contribution in [0, 0.1) is 12.8 Å². The van der Waals surface area contributed by atoms with Crippen LogP contribution in [0.3, 0.4) is 0 Å². The number of methoxy groups -OCH3 is 1. The van der Waals surface area contributed by atoms with Gasteiger partial charge in [-0.3, -0.25) is 0 Å². The fraction of sp³-hybridized carbons (Fsp3) is 0.667. The zero-order valence-electron chi connectivity index (χ0n) is 10.5. The number of nitrogens with two attached hydrogens (primary N) is 1. The van der Waals surface area contributed by atoms with Crippen molar-refractivity contribution in [2.75, 3.05) is 31.6 Å². The van der Waals surface area contributed by atoms with Crippen LogP contribution in [0.2, 0.25) is 0 Å². The molecule has 0 spiro atoms. The van der Waals surface area contributed by atoms with Crippen LogP contribution in [-0.4, -0.2) is 36.7 Å². The fourth-order valence-corrected chi connectivity index (χ4v) is 2.30. The largest absolute Gasteiger partial charge is 0.481 e. The second-order valence-corrected chi connectivity index (χ2v) is 4.49.